The van der Waals surface area contributed by atoms with E-state index >= 15 is 0 Å². The molecular formula is C13H18F3NOS. The number of benzene rings is 1. The molecule has 19 heavy (non-hydrogen) atoms. The number of halogens is 3. The van der Waals surface area contributed by atoms with Crippen LogP contribution in [0.4, 0.5) is 13.2 Å². The van der Waals surface area contributed by atoms with Gasteiger partial charge in [0.05, 0.1) is 0 Å². The number of alkyl halides is 3. The zero-order chi connectivity index (χ0) is 14.5. The molecule has 0 fully saturated rings. The van der Waals surface area contributed by atoms with E-state index in [1.54, 1.807) is 17.8 Å². The van der Waals surface area contributed by atoms with Crippen LogP contribution in [-0.4, -0.2) is 17.9 Å². The van der Waals surface area contributed by atoms with Crippen LogP contribution in [0.3, 0.4) is 0 Å². The summed E-state index contributed by atoms with van der Waals surface area (Å²) >= 11 is 1.70. The van der Waals surface area contributed by atoms with E-state index < -0.39 is 6.36 Å². The minimum atomic E-state index is -4.67. The number of ether oxygens (including phenoxy) is 1. The smallest absolute Gasteiger partial charge is 0.406 e. The molecule has 0 aromatic heterocycles. The summed E-state index contributed by atoms with van der Waals surface area (Å²) in [6, 6.07) is 5.55. The van der Waals surface area contributed by atoms with Gasteiger partial charge in [-0.15, -0.1) is 13.2 Å². The van der Waals surface area contributed by atoms with Crippen molar-refractivity contribution in [3.05, 3.63) is 29.8 Å². The Labute approximate surface area is 115 Å². The van der Waals surface area contributed by atoms with Gasteiger partial charge in [-0.3, -0.25) is 0 Å². The van der Waals surface area contributed by atoms with Gasteiger partial charge >= 0.3 is 6.36 Å². The largest absolute Gasteiger partial charge is 0.573 e. The molecule has 6 heteroatoms. The third-order valence-corrected chi connectivity index (χ3v) is 3.77. The molecule has 0 radical (unpaired) electrons. The highest BCUT2D eigenvalue weighted by molar-refractivity contribution is 7.99. The maximum atomic E-state index is 12.1. The number of hydrogen-bond donors (Lipinski definition) is 1. The van der Waals surface area contributed by atoms with E-state index in [-0.39, 0.29) is 11.8 Å². The molecule has 0 aliphatic rings. The fourth-order valence-electron chi connectivity index (χ4n) is 1.47. The van der Waals surface area contributed by atoms with E-state index in [2.05, 4.69) is 18.6 Å². The van der Waals surface area contributed by atoms with Gasteiger partial charge in [0.2, 0.25) is 0 Å². The van der Waals surface area contributed by atoms with Crippen LogP contribution in [0, 0.1) is 5.92 Å². The topological polar surface area (TPSA) is 35.2 Å². The number of hydrogen-bond acceptors (Lipinski definition) is 3. The van der Waals surface area contributed by atoms with Gasteiger partial charge in [0.25, 0.3) is 0 Å². The minimum absolute atomic E-state index is 0.227. The van der Waals surface area contributed by atoms with Crippen LogP contribution in [0.5, 0.6) is 5.75 Å². The molecule has 1 atom stereocenters. The molecule has 1 rings (SSSR count). The third-order valence-electron chi connectivity index (χ3n) is 2.27. The fourth-order valence-corrected chi connectivity index (χ4v) is 2.52. The second kappa shape index (κ2) is 7.05. The summed E-state index contributed by atoms with van der Waals surface area (Å²) in [5.74, 6) is 1.99. The number of nitrogens with two attached hydrogens (primary N) is 1. The first-order chi connectivity index (χ1) is 8.78. The lowest BCUT2D eigenvalue weighted by molar-refractivity contribution is -0.274. The van der Waals surface area contributed by atoms with Crippen molar-refractivity contribution in [3.8, 4) is 5.75 Å². The predicted octanol–water partition coefficient (Wildman–Crippen LogP) is 3.97. The normalized spacial score (nSPS) is 13.6. The van der Waals surface area contributed by atoms with E-state index in [9.17, 15) is 13.2 Å². The molecule has 2 N–H and O–H groups in total. The second-order valence-electron chi connectivity index (χ2n) is 4.66. The van der Waals surface area contributed by atoms with Gasteiger partial charge in [-0.25, -0.2) is 0 Å². The maximum Gasteiger partial charge on any atom is 0.573 e. The Kier molecular flexibility index (Phi) is 6.00. The molecule has 0 heterocycles. The van der Waals surface area contributed by atoms with Crippen LogP contribution < -0.4 is 10.5 Å². The van der Waals surface area contributed by atoms with Crippen LogP contribution in [0.1, 0.15) is 25.5 Å². The van der Waals surface area contributed by atoms with Crippen LogP contribution in [-0.2, 0) is 0 Å². The Hall–Kier alpha value is -0.880. The molecule has 108 valence electrons. The Bertz CT molecular complexity index is 396. The van der Waals surface area contributed by atoms with Crippen molar-refractivity contribution >= 4 is 11.8 Å². The van der Waals surface area contributed by atoms with E-state index in [1.165, 1.54) is 18.2 Å². The number of thioether (sulfide) groups is 1. The SMILES string of the molecule is CC(C)CSCC(N)c1cccc(OC(F)(F)F)c1. The van der Waals surface area contributed by atoms with Gasteiger partial charge in [-0.05, 0) is 29.4 Å². The average Bonchev–Trinajstić information content (AvgIpc) is 2.26. The van der Waals surface area contributed by atoms with Crippen molar-refractivity contribution in [2.45, 2.75) is 26.3 Å². The highest BCUT2D eigenvalue weighted by Gasteiger charge is 2.31. The Morgan fingerprint density at radius 1 is 1.26 bits per heavy atom. The minimum Gasteiger partial charge on any atom is -0.406 e. The van der Waals surface area contributed by atoms with E-state index in [1.807, 2.05) is 0 Å². The number of rotatable bonds is 6. The molecule has 2 nitrogen and oxygen atoms in total. The summed E-state index contributed by atoms with van der Waals surface area (Å²) in [4.78, 5) is 0. The predicted molar refractivity (Wildman–Crippen MR) is 72.2 cm³/mol. The van der Waals surface area contributed by atoms with Crippen molar-refractivity contribution in [1.82, 2.24) is 0 Å². The van der Waals surface area contributed by atoms with Crippen molar-refractivity contribution in [1.29, 1.82) is 0 Å². The monoisotopic (exact) mass is 293 g/mol. The summed E-state index contributed by atoms with van der Waals surface area (Å²) in [5, 5.41) is 0. The van der Waals surface area contributed by atoms with Crippen LogP contribution in [0.25, 0.3) is 0 Å². The summed E-state index contributed by atoms with van der Waals surface area (Å²) in [6.45, 7) is 4.21. The lowest BCUT2D eigenvalue weighted by Crippen LogP contribution is -2.18. The molecule has 0 saturated heterocycles. The fraction of sp³-hybridized carbons (Fsp3) is 0.538. The Balaban J connectivity index is 2.60. The highest BCUT2D eigenvalue weighted by atomic mass is 32.2. The molecule has 0 aliphatic heterocycles. The van der Waals surface area contributed by atoms with Crippen molar-refractivity contribution in [2.75, 3.05) is 11.5 Å². The first-order valence-corrected chi connectivity index (χ1v) is 7.12. The molecule has 0 aliphatic carbocycles. The molecule has 0 bridgehead atoms. The first-order valence-electron chi connectivity index (χ1n) is 5.97. The zero-order valence-corrected chi connectivity index (χ0v) is 11.7. The summed E-state index contributed by atoms with van der Waals surface area (Å²) in [5.41, 5.74) is 6.61. The van der Waals surface area contributed by atoms with Crippen LogP contribution in [0.15, 0.2) is 24.3 Å². The molecule has 0 saturated carbocycles. The van der Waals surface area contributed by atoms with E-state index in [4.69, 9.17) is 5.73 Å². The summed E-state index contributed by atoms with van der Waals surface area (Å²) < 4.78 is 40.2. The third kappa shape index (κ3) is 6.73. The van der Waals surface area contributed by atoms with Gasteiger partial charge in [-0.2, -0.15) is 11.8 Å². The zero-order valence-electron chi connectivity index (χ0n) is 10.9. The lowest BCUT2D eigenvalue weighted by atomic mass is 10.1. The molecule has 0 amide bonds. The van der Waals surface area contributed by atoms with Gasteiger partial charge in [0.1, 0.15) is 5.75 Å². The van der Waals surface area contributed by atoms with Crippen molar-refractivity contribution < 1.29 is 17.9 Å². The maximum absolute atomic E-state index is 12.1. The van der Waals surface area contributed by atoms with Gasteiger partial charge in [-0.1, -0.05) is 26.0 Å². The standard InChI is InChI=1S/C13H18F3NOS/c1-9(2)7-19-8-12(17)10-4-3-5-11(6-10)18-13(14,15)16/h3-6,9,12H,7-8,17H2,1-2H3. The van der Waals surface area contributed by atoms with Crippen LogP contribution in [0.2, 0.25) is 0 Å². The Morgan fingerprint density at radius 2 is 1.95 bits per heavy atom. The van der Waals surface area contributed by atoms with E-state index in [0.717, 1.165) is 5.75 Å². The lowest BCUT2D eigenvalue weighted by Gasteiger charge is -2.15. The second-order valence-corrected chi connectivity index (χ2v) is 5.73. The van der Waals surface area contributed by atoms with Gasteiger partial charge < -0.3 is 10.5 Å². The highest BCUT2D eigenvalue weighted by Crippen LogP contribution is 2.26. The molecule has 1 unspecified atom stereocenters. The van der Waals surface area contributed by atoms with Gasteiger partial charge in [0.15, 0.2) is 0 Å². The summed E-state index contributed by atoms with van der Waals surface area (Å²) in [6.07, 6.45) is -4.67. The Morgan fingerprint density at radius 3 is 2.53 bits per heavy atom. The summed E-state index contributed by atoms with van der Waals surface area (Å²) in [7, 11) is 0. The molecular weight excluding hydrogens is 275 g/mol. The van der Waals surface area contributed by atoms with Crippen molar-refractivity contribution in [3.63, 3.8) is 0 Å². The average molecular weight is 293 g/mol. The molecule has 0 spiro atoms. The van der Waals surface area contributed by atoms with Crippen LogP contribution >= 0.6 is 11.8 Å². The van der Waals surface area contributed by atoms with E-state index in [0.29, 0.717) is 17.2 Å². The van der Waals surface area contributed by atoms with Gasteiger partial charge in [0, 0.05) is 11.8 Å². The van der Waals surface area contributed by atoms with Crippen molar-refractivity contribution in [2.24, 2.45) is 11.7 Å². The first kappa shape index (κ1) is 16.2. The molecule has 1 aromatic rings. The quantitative estimate of drug-likeness (QED) is 0.862. The molecule has 1 aromatic carbocycles.